The molecule has 45 heavy (non-hydrogen) atoms. The second-order valence-electron chi connectivity index (χ2n) is 12.1. The Labute approximate surface area is 266 Å². The van der Waals surface area contributed by atoms with Crippen molar-refractivity contribution in [2.24, 2.45) is 0 Å². The van der Waals surface area contributed by atoms with Gasteiger partial charge in [-0.2, -0.15) is 0 Å². The SMILES string of the molecule is CCc1cccc(CC)c1NC(=O)c1cnc2c3c(cccc1-2)CNC(Nc1ccc(N2CCC(N(C)C)CC2)cc1OC)N3. The van der Waals surface area contributed by atoms with Crippen molar-refractivity contribution >= 4 is 28.7 Å². The summed E-state index contributed by atoms with van der Waals surface area (Å²) < 4.78 is 5.83. The van der Waals surface area contributed by atoms with Crippen LogP contribution in [0.2, 0.25) is 0 Å². The van der Waals surface area contributed by atoms with Crippen molar-refractivity contribution in [1.82, 2.24) is 15.2 Å². The molecule has 1 atom stereocenters. The molecule has 4 N–H and O–H groups in total. The molecule has 2 aromatic rings. The molecule has 1 unspecified atom stereocenters. The number of nitrogens with one attached hydrogen (secondary N) is 4. The van der Waals surface area contributed by atoms with E-state index in [1.807, 2.05) is 12.1 Å². The fourth-order valence-corrected chi connectivity index (χ4v) is 6.62. The Morgan fingerprint density at radius 3 is 2.47 bits per heavy atom. The predicted octanol–water partition coefficient (Wildman–Crippen LogP) is 6.01. The van der Waals surface area contributed by atoms with Gasteiger partial charge in [0, 0.05) is 54.9 Å². The molecule has 1 fully saturated rings. The molecule has 6 rings (SSSR count). The van der Waals surface area contributed by atoms with Crippen molar-refractivity contribution in [3.63, 3.8) is 0 Å². The van der Waals surface area contributed by atoms with E-state index in [4.69, 9.17) is 9.72 Å². The number of fused-ring (bicyclic) bond motifs is 3. The minimum atomic E-state index is -0.267. The zero-order valence-corrected chi connectivity index (χ0v) is 27.0. The van der Waals surface area contributed by atoms with Crippen molar-refractivity contribution in [3.05, 3.63) is 83.0 Å². The second kappa shape index (κ2) is 13.3. The zero-order valence-electron chi connectivity index (χ0n) is 27.0. The Balaban J connectivity index is 1.19. The third kappa shape index (κ3) is 6.28. The Morgan fingerprint density at radius 2 is 1.78 bits per heavy atom. The molecule has 3 heterocycles. The number of hydrogen-bond donors (Lipinski definition) is 4. The van der Waals surface area contributed by atoms with E-state index in [9.17, 15) is 4.79 Å². The van der Waals surface area contributed by atoms with Crippen LogP contribution in [0.4, 0.5) is 22.7 Å². The lowest BCUT2D eigenvalue weighted by Crippen LogP contribution is -2.45. The number of methoxy groups -OCH3 is 1. The molecule has 4 aliphatic rings. The molecule has 236 valence electrons. The quantitative estimate of drug-likeness (QED) is 0.184. The van der Waals surface area contributed by atoms with Crippen LogP contribution in [0.25, 0.3) is 11.3 Å². The number of aryl methyl sites for hydroxylation is 2. The average molecular weight is 608 g/mol. The fourth-order valence-electron chi connectivity index (χ4n) is 6.62. The zero-order chi connectivity index (χ0) is 31.5. The molecule has 1 saturated heterocycles. The molecule has 0 radical (unpaired) electrons. The average Bonchev–Trinajstić information content (AvgIpc) is 3.41. The molecular weight excluding hydrogens is 562 g/mol. The van der Waals surface area contributed by atoms with Gasteiger partial charge in [0.05, 0.1) is 29.7 Å². The van der Waals surface area contributed by atoms with Crippen molar-refractivity contribution in [2.45, 2.75) is 58.4 Å². The lowest BCUT2D eigenvalue weighted by atomic mass is 10.0. The third-order valence-corrected chi connectivity index (χ3v) is 9.30. The maximum Gasteiger partial charge on any atom is 0.257 e. The summed E-state index contributed by atoms with van der Waals surface area (Å²) in [6, 6.07) is 19.3. The van der Waals surface area contributed by atoms with E-state index in [0.717, 1.165) is 89.5 Å². The highest BCUT2D eigenvalue weighted by molar-refractivity contribution is 6.10. The first-order chi connectivity index (χ1) is 21.9. The monoisotopic (exact) mass is 607 g/mol. The number of nitrogens with zero attached hydrogens (tertiary/aromatic N) is 3. The molecule has 0 spiro atoms. The van der Waals surface area contributed by atoms with Crippen molar-refractivity contribution < 1.29 is 9.53 Å². The Hall–Kier alpha value is -4.34. The number of ether oxygens (including phenoxy) is 1. The van der Waals surface area contributed by atoms with Gasteiger partial charge in [0.25, 0.3) is 5.91 Å². The number of carbonyl (C=O) groups is 1. The van der Waals surface area contributed by atoms with Gasteiger partial charge in [-0.1, -0.05) is 50.2 Å². The van der Waals surface area contributed by atoms with Gasteiger partial charge in [0.15, 0.2) is 6.29 Å². The number of aromatic nitrogens is 1. The lowest BCUT2D eigenvalue weighted by molar-refractivity contribution is 0.102. The van der Waals surface area contributed by atoms with Crippen LogP contribution in [0, 0.1) is 0 Å². The number of piperidine rings is 1. The summed E-state index contributed by atoms with van der Waals surface area (Å²) in [7, 11) is 6.05. The third-order valence-electron chi connectivity index (χ3n) is 9.30. The highest BCUT2D eigenvalue weighted by Gasteiger charge is 2.27. The van der Waals surface area contributed by atoms with Gasteiger partial charge < -0.3 is 30.5 Å². The smallest absolute Gasteiger partial charge is 0.257 e. The lowest BCUT2D eigenvalue weighted by Gasteiger charge is -2.36. The van der Waals surface area contributed by atoms with E-state index in [1.54, 1.807) is 13.3 Å². The number of anilines is 4. The normalized spacial score (nSPS) is 16.8. The summed E-state index contributed by atoms with van der Waals surface area (Å²) in [5.74, 6) is 0.650. The van der Waals surface area contributed by atoms with Gasteiger partial charge >= 0.3 is 0 Å². The largest absolute Gasteiger partial charge is 0.495 e. The Morgan fingerprint density at radius 1 is 1.04 bits per heavy atom. The molecule has 0 aromatic heterocycles. The molecule has 0 saturated carbocycles. The van der Waals surface area contributed by atoms with Crippen LogP contribution in [-0.2, 0) is 19.4 Å². The van der Waals surface area contributed by atoms with Crippen LogP contribution < -0.4 is 30.9 Å². The van der Waals surface area contributed by atoms with E-state index in [0.29, 0.717) is 18.2 Å². The van der Waals surface area contributed by atoms with E-state index in [2.05, 4.69) is 101 Å². The summed E-state index contributed by atoms with van der Waals surface area (Å²) in [6.45, 7) is 6.93. The van der Waals surface area contributed by atoms with Crippen LogP contribution >= 0.6 is 0 Å². The van der Waals surface area contributed by atoms with Gasteiger partial charge in [-0.05, 0) is 68.6 Å². The summed E-state index contributed by atoms with van der Waals surface area (Å²) in [5.41, 5.74) is 9.40. The molecule has 3 aliphatic heterocycles. The van der Waals surface area contributed by atoms with E-state index < -0.39 is 0 Å². The van der Waals surface area contributed by atoms with Crippen LogP contribution in [0.3, 0.4) is 0 Å². The fraction of sp³-hybridized carbons (Fsp3) is 0.389. The van der Waals surface area contributed by atoms with Crippen LogP contribution in [0.5, 0.6) is 5.75 Å². The predicted molar refractivity (Wildman–Crippen MR) is 184 cm³/mol. The van der Waals surface area contributed by atoms with E-state index in [1.165, 1.54) is 5.69 Å². The molecule has 2 aromatic carbocycles. The van der Waals surface area contributed by atoms with Crippen LogP contribution in [0.15, 0.2) is 60.8 Å². The first kappa shape index (κ1) is 30.7. The number of hydrogen-bond acceptors (Lipinski definition) is 8. The Bertz CT molecular complexity index is 1610. The van der Waals surface area contributed by atoms with Crippen LogP contribution in [-0.4, -0.2) is 62.4 Å². The van der Waals surface area contributed by atoms with Crippen LogP contribution in [0.1, 0.15) is 53.7 Å². The van der Waals surface area contributed by atoms with Crippen molar-refractivity contribution in [1.29, 1.82) is 0 Å². The van der Waals surface area contributed by atoms with Gasteiger partial charge in [-0.25, -0.2) is 0 Å². The van der Waals surface area contributed by atoms with Crippen molar-refractivity contribution in [2.75, 3.05) is 55.1 Å². The number of benzene rings is 2. The van der Waals surface area contributed by atoms with E-state index >= 15 is 0 Å². The topological polar surface area (TPSA) is 93.8 Å². The molecule has 1 aliphatic carbocycles. The molecule has 1 amide bonds. The standard InChI is InChI=1S/C36H45N7O2/c1-6-23-10-8-11-24(7-2)32(23)40-35(44)29-22-37-34-28(29)13-9-12-25-21-38-36(41-33(25)34)39-30-15-14-27(20-31(30)45-5)43-18-16-26(17-19-43)42(3)4/h8-15,20,22,26,36,38-39,41H,6-7,16-19,21H2,1-5H3,(H,40,44). The minimum Gasteiger partial charge on any atom is -0.495 e. The first-order valence-corrected chi connectivity index (χ1v) is 16.1. The summed E-state index contributed by atoms with van der Waals surface area (Å²) >= 11 is 0. The van der Waals surface area contributed by atoms with Gasteiger partial charge in [-0.15, -0.1) is 0 Å². The van der Waals surface area contributed by atoms with E-state index in [-0.39, 0.29) is 12.2 Å². The summed E-state index contributed by atoms with van der Waals surface area (Å²) in [4.78, 5) is 23.2. The summed E-state index contributed by atoms with van der Waals surface area (Å²) in [5, 5.41) is 13.9. The number of para-hydroxylation sites is 1. The van der Waals surface area contributed by atoms with Gasteiger partial charge in [0.1, 0.15) is 5.75 Å². The molecular formula is C36H45N7O2. The van der Waals surface area contributed by atoms with Gasteiger partial charge in [-0.3, -0.25) is 15.1 Å². The Kier molecular flexibility index (Phi) is 9.09. The highest BCUT2D eigenvalue weighted by atomic mass is 16.5. The second-order valence-corrected chi connectivity index (χ2v) is 12.1. The summed E-state index contributed by atoms with van der Waals surface area (Å²) in [6.07, 6.45) is 5.43. The maximum absolute atomic E-state index is 13.6. The number of amides is 1. The molecule has 0 bridgehead atoms. The molecule has 9 heteroatoms. The number of carbonyl (C=O) groups excluding carboxylic acids is 1. The molecule has 9 nitrogen and oxygen atoms in total. The minimum absolute atomic E-state index is 0.146. The highest BCUT2D eigenvalue weighted by Crippen LogP contribution is 2.37. The van der Waals surface area contributed by atoms with Gasteiger partial charge in [0.2, 0.25) is 0 Å². The first-order valence-electron chi connectivity index (χ1n) is 16.1. The van der Waals surface area contributed by atoms with Crippen molar-refractivity contribution in [3.8, 4) is 17.0 Å². The number of rotatable bonds is 9. The maximum atomic E-state index is 13.6.